The van der Waals surface area contributed by atoms with Crippen molar-refractivity contribution >= 4 is 38.8 Å². The summed E-state index contributed by atoms with van der Waals surface area (Å²) < 4.78 is 6.66. The van der Waals surface area contributed by atoms with Crippen LogP contribution in [0.5, 0.6) is 0 Å². The van der Waals surface area contributed by atoms with Crippen molar-refractivity contribution in [3.63, 3.8) is 0 Å². The second-order valence-corrected chi connectivity index (χ2v) is 14.2. The number of rotatable bonds is 8. The van der Waals surface area contributed by atoms with Gasteiger partial charge >= 0.3 is 0 Å². The lowest BCUT2D eigenvalue weighted by molar-refractivity contribution is 0.632. The van der Waals surface area contributed by atoms with Gasteiger partial charge < -0.3 is 9.32 Å². The maximum absolute atomic E-state index is 6.66. The number of hydrogen-bond acceptors (Lipinski definition) is 2. The van der Waals surface area contributed by atoms with Crippen LogP contribution < -0.4 is 4.90 Å². The third kappa shape index (κ3) is 6.34. The molecule has 0 saturated carbocycles. The Morgan fingerprint density at radius 2 is 0.768 bits per heavy atom. The standard InChI is InChI=1S/C54H37NO/c1-3-12-38(13-4-1)40-22-24-41(25-23-40)42-28-32-48(33-29-42)55(49-34-30-43(31-35-49)46-27-26-39-14-7-8-17-45(39)36-46)50-19-11-18-47(37-50)54-53(44-15-5-2-6-16-44)51-20-9-10-21-52(51)56-54/h1-37H. The van der Waals surface area contributed by atoms with Crippen molar-refractivity contribution in [1.29, 1.82) is 0 Å². The summed E-state index contributed by atoms with van der Waals surface area (Å²) in [4.78, 5) is 2.33. The average molecular weight is 716 g/mol. The Morgan fingerprint density at radius 1 is 0.286 bits per heavy atom. The number of fused-ring (bicyclic) bond motifs is 2. The molecular formula is C54H37NO. The first kappa shape index (κ1) is 33.2. The SMILES string of the molecule is c1ccc(-c2ccc(-c3ccc(N(c4ccc(-c5ccc6ccccc6c5)cc4)c4cccc(-c5oc6ccccc6c5-c5ccccc5)c4)cc3)cc2)cc1. The molecule has 9 aromatic carbocycles. The molecule has 0 fully saturated rings. The molecule has 2 nitrogen and oxygen atoms in total. The van der Waals surface area contributed by atoms with Crippen molar-refractivity contribution in [2.75, 3.05) is 4.90 Å². The Morgan fingerprint density at radius 3 is 1.43 bits per heavy atom. The minimum absolute atomic E-state index is 0.861. The molecule has 0 bridgehead atoms. The second kappa shape index (κ2) is 14.4. The van der Waals surface area contributed by atoms with Crippen molar-refractivity contribution in [2.45, 2.75) is 0 Å². The van der Waals surface area contributed by atoms with Crippen LogP contribution in [0, 0.1) is 0 Å². The quantitative estimate of drug-likeness (QED) is 0.156. The fraction of sp³-hybridized carbons (Fsp3) is 0. The molecule has 0 N–H and O–H groups in total. The molecule has 1 heterocycles. The van der Waals surface area contributed by atoms with Crippen LogP contribution in [-0.4, -0.2) is 0 Å². The van der Waals surface area contributed by atoms with Gasteiger partial charge in [-0.05, 0) is 98.2 Å². The van der Waals surface area contributed by atoms with E-state index in [0.717, 1.165) is 50.5 Å². The summed E-state index contributed by atoms with van der Waals surface area (Å²) in [7, 11) is 0. The zero-order chi connectivity index (χ0) is 37.3. The van der Waals surface area contributed by atoms with E-state index in [0.29, 0.717) is 0 Å². The minimum atomic E-state index is 0.861. The van der Waals surface area contributed by atoms with Gasteiger partial charge in [-0.2, -0.15) is 0 Å². The molecule has 0 unspecified atom stereocenters. The highest BCUT2D eigenvalue weighted by Crippen LogP contribution is 2.44. The second-order valence-electron chi connectivity index (χ2n) is 14.2. The molecule has 0 aliphatic carbocycles. The highest BCUT2D eigenvalue weighted by Gasteiger charge is 2.20. The third-order valence-electron chi connectivity index (χ3n) is 10.7. The van der Waals surface area contributed by atoms with E-state index in [4.69, 9.17) is 4.42 Å². The lowest BCUT2D eigenvalue weighted by atomic mass is 9.98. The largest absolute Gasteiger partial charge is 0.455 e. The number of nitrogens with zero attached hydrogens (tertiary/aromatic N) is 1. The van der Waals surface area contributed by atoms with Gasteiger partial charge in [0.2, 0.25) is 0 Å². The molecule has 0 radical (unpaired) electrons. The Bertz CT molecular complexity index is 2930. The average Bonchev–Trinajstić information content (AvgIpc) is 3.68. The Labute approximate surface area is 327 Å². The monoisotopic (exact) mass is 715 g/mol. The number of para-hydroxylation sites is 1. The van der Waals surface area contributed by atoms with Crippen molar-refractivity contribution < 1.29 is 4.42 Å². The summed E-state index contributed by atoms with van der Waals surface area (Å²) in [5.74, 6) is 0.861. The molecular weight excluding hydrogens is 679 g/mol. The Balaban J connectivity index is 1.06. The molecule has 0 atom stereocenters. The Kier molecular flexibility index (Phi) is 8.55. The summed E-state index contributed by atoms with van der Waals surface area (Å²) in [5.41, 5.74) is 14.5. The van der Waals surface area contributed by atoms with E-state index in [2.05, 4.69) is 223 Å². The molecule has 10 aromatic rings. The van der Waals surface area contributed by atoms with Crippen LogP contribution in [0.2, 0.25) is 0 Å². The highest BCUT2D eigenvalue weighted by molar-refractivity contribution is 6.02. The summed E-state index contributed by atoms with van der Waals surface area (Å²) in [5, 5.41) is 3.59. The van der Waals surface area contributed by atoms with E-state index in [-0.39, 0.29) is 0 Å². The van der Waals surface area contributed by atoms with Gasteiger partial charge in [0.05, 0.1) is 0 Å². The van der Waals surface area contributed by atoms with E-state index in [1.54, 1.807) is 0 Å². The molecule has 2 heteroatoms. The van der Waals surface area contributed by atoms with Crippen molar-refractivity contribution in [2.24, 2.45) is 0 Å². The molecule has 0 aliphatic rings. The van der Waals surface area contributed by atoms with Gasteiger partial charge in [-0.15, -0.1) is 0 Å². The van der Waals surface area contributed by atoms with Crippen molar-refractivity contribution in [3.8, 4) is 55.8 Å². The molecule has 0 amide bonds. The highest BCUT2D eigenvalue weighted by atomic mass is 16.3. The zero-order valence-electron chi connectivity index (χ0n) is 30.7. The van der Waals surface area contributed by atoms with E-state index >= 15 is 0 Å². The van der Waals surface area contributed by atoms with Crippen LogP contribution in [-0.2, 0) is 0 Å². The summed E-state index contributed by atoms with van der Waals surface area (Å²) in [6.07, 6.45) is 0. The van der Waals surface area contributed by atoms with Crippen LogP contribution in [0.3, 0.4) is 0 Å². The van der Waals surface area contributed by atoms with Crippen molar-refractivity contribution in [3.05, 3.63) is 224 Å². The summed E-state index contributed by atoms with van der Waals surface area (Å²) in [6, 6.07) is 79.9. The number of benzene rings is 9. The van der Waals surface area contributed by atoms with Crippen molar-refractivity contribution in [1.82, 2.24) is 0 Å². The van der Waals surface area contributed by atoms with E-state index in [9.17, 15) is 0 Å². The first-order chi connectivity index (χ1) is 27.7. The van der Waals surface area contributed by atoms with Crippen LogP contribution in [0.1, 0.15) is 0 Å². The Hall–Kier alpha value is -7.42. The van der Waals surface area contributed by atoms with Gasteiger partial charge in [-0.3, -0.25) is 0 Å². The molecule has 56 heavy (non-hydrogen) atoms. The number of furan rings is 1. The fourth-order valence-corrected chi connectivity index (χ4v) is 7.83. The van der Waals surface area contributed by atoms with Gasteiger partial charge in [0.15, 0.2) is 0 Å². The topological polar surface area (TPSA) is 16.4 Å². The predicted molar refractivity (Wildman–Crippen MR) is 236 cm³/mol. The van der Waals surface area contributed by atoms with Crippen LogP contribution in [0.4, 0.5) is 17.1 Å². The van der Waals surface area contributed by atoms with Crippen LogP contribution in [0.15, 0.2) is 229 Å². The number of hydrogen-bond donors (Lipinski definition) is 0. The molecule has 10 rings (SSSR count). The van der Waals surface area contributed by atoms with E-state index < -0.39 is 0 Å². The number of anilines is 3. The zero-order valence-corrected chi connectivity index (χ0v) is 30.7. The molecule has 0 aliphatic heterocycles. The smallest absolute Gasteiger partial charge is 0.143 e. The first-order valence-electron chi connectivity index (χ1n) is 19.1. The molecule has 0 spiro atoms. The van der Waals surface area contributed by atoms with Crippen LogP contribution >= 0.6 is 0 Å². The minimum Gasteiger partial charge on any atom is -0.455 e. The van der Waals surface area contributed by atoms with Gasteiger partial charge in [0, 0.05) is 33.6 Å². The summed E-state index contributed by atoms with van der Waals surface area (Å²) in [6.45, 7) is 0. The lowest BCUT2D eigenvalue weighted by Gasteiger charge is -2.26. The lowest BCUT2D eigenvalue weighted by Crippen LogP contribution is -2.10. The van der Waals surface area contributed by atoms with Gasteiger partial charge in [-0.25, -0.2) is 0 Å². The first-order valence-corrected chi connectivity index (χ1v) is 19.1. The predicted octanol–water partition coefficient (Wildman–Crippen LogP) is 15.4. The van der Waals surface area contributed by atoms with Crippen LogP contribution in [0.25, 0.3) is 77.6 Å². The van der Waals surface area contributed by atoms with Gasteiger partial charge in [0.25, 0.3) is 0 Å². The summed E-state index contributed by atoms with van der Waals surface area (Å²) >= 11 is 0. The fourth-order valence-electron chi connectivity index (χ4n) is 7.83. The maximum atomic E-state index is 6.66. The normalized spacial score (nSPS) is 11.2. The van der Waals surface area contributed by atoms with Gasteiger partial charge in [0.1, 0.15) is 11.3 Å². The van der Waals surface area contributed by atoms with E-state index in [1.807, 2.05) is 6.07 Å². The molecule has 264 valence electrons. The molecule has 0 saturated heterocycles. The van der Waals surface area contributed by atoms with Gasteiger partial charge in [-0.1, -0.05) is 176 Å². The maximum Gasteiger partial charge on any atom is 0.143 e. The molecule has 1 aromatic heterocycles. The van der Waals surface area contributed by atoms with E-state index in [1.165, 1.54) is 44.2 Å². The third-order valence-corrected chi connectivity index (χ3v) is 10.7.